The lowest BCUT2D eigenvalue weighted by molar-refractivity contribution is 0.0520. The summed E-state index contributed by atoms with van der Waals surface area (Å²) in [4.78, 5) is 22.0. The van der Waals surface area contributed by atoms with E-state index in [4.69, 9.17) is 21.1 Å². The molecular formula is C19H21BrClF3N4O3S. The summed E-state index contributed by atoms with van der Waals surface area (Å²) in [5.74, 6) is -0.619. The Kier molecular flexibility index (Phi) is 7.55. The van der Waals surface area contributed by atoms with Crippen LogP contribution in [-0.4, -0.2) is 60.1 Å². The normalized spacial score (nSPS) is 16.2. The molecule has 0 aliphatic carbocycles. The van der Waals surface area contributed by atoms with Crippen LogP contribution in [0.25, 0.3) is 10.9 Å². The van der Waals surface area contributed by atoms with Gasteiger partial charge in [-0.15, -0.1) is 0 Å². The molecule has 32 heavy (non-hydrogen) atoms. The second-order valence-electron chi connectivity index (χ2n) is 7.92. The fourth-order valence-corrected chi connectivity index (χ4v) is 4.11. The Balaban J connectivity index is 2.10. The second-order valence-corrected chi connectivity index (χ2v) is 9.86. The van der Waals surface area contributed by atoms with Gasteiger partial charge in [0.2, 0.25) is 0 Å². The highest BCUT2D eigenvalue weighted by atomic mass is 79.9. The fourth-order valence-electron chi connectivity index (χ4n) is 3.15. The molecule has 2 heterocycles. The van der Waals surface area contributed by atoms with E-state index >= 15 is 4.39 Å². The number of benzene rings is 1. The summed E-state index contributed by atoms with van der Waals surface area (Å²) >= 11 is 10.5. The quantitative estimate of drug-likeness (QED) is 0.305. The standard InChI is InChI=1S/C19H21BrClF3N4O3S/c1-19(2,3)31-18(29)25-5-8-7-30-15-10-14(13(24)11(20)12(15)21)26-17(32-4)27-16(10)28(8)6-9(22)23/h8-9H,5-7H2,1-4H3,(H,25,29)/t8-/m0/s1. The third-order valence-corrected chi connectivity index (χ3v) is 6.30. The van der Waals surface area contributed by atoms with Gasteiger partial charge in [-0.25, -0.2) is 27.9 Å². The molecule has 1 N–H and O–H groups in total. The van der Waals surface area contributed by atoms with Gasteiger partial charge in [-0.05, 0) is 43.0 Å². The van der Waals surface area contributed by atoms with Crippen LogP contribution in [0.2, 0.25) is 5.02 Å². The van der Waals surface area contributed by atoms with Crippen molar-refractivity contribution < 1.29 is 27.4 Å². The van der Waals surface area contributed by atoms with Crippen molar-refractivity contribution in [1.82, 2.24) is 15.3 Å². The Hall–Kier alpha value is -1.66. The van der Waals surface area contributed by atoms with E-state index in [1.54, 1.807) is 27.0 Å². The maximum Gasteiger partial charge on any atom is 0.407 e. The minimum absolute atomic E-state index is 0.0518. The molecule has 176 valence electrons. The van der Waals surface area contributed by atoms with Crippen molar-refractivity contribution in [2.75, 3.05) is 30.9 Å². The van der Waals surface area contributed by atoms with Crippen LogP contribution in [0, 0.1) is 5.82 Å². The maximum atomic E-state index is 15.0. The summed E-state index contributed by atoms with van der Waals surface area (Å²) in [5, 5.41) is 2.79. The largest absolute Gasteiger partial charge is 0.489 e. The second kappa shape index (κ2) is 9.68. The van der Waals surface area contributed by atoms with Gasteiger partial charge in [-0.1, -0.05) is 23.4 Å². The molecule has 7 nitrogen and oxygen atoms in total. The third-order valence-electron chi connectivity index (χ3n) is 4.42. The number of rotatable bonds is 5. The Morgan fingerprint density at radius 1 is 1.44 bits per heavy atom. The number of hydrogen-bond acceptors (Lipinski definition) is 7. The minimum Gasteiger partial charge on any atom is -0.489 e. The van der Waals surface area contributed by atoms with E-state index in [2.05, 4.69) is 31.2 Å². The summed E-state index contributed by atoms with van der Waals surface area (Å²) in [6.07, 6.45) is -1.76. The number of nitrogens with one attached hydrogen (secondary N) is 1. The molecule has 1 amide bonds. The number of alkyl halides is 2. The number of halogens is 5. The third kappa shape index (κ3) is 5.28. The lowest BCUT2D eigenvalue weighted by atomic mass is 10.1. The SMILES string of the molecule is CSc1nc2c3c(c(Cl)c(Br)c(F)c3n1)OC[C@H](CNC(=O)OC(C)(C)C)N2CC(F)F. The molecule has 1 atom stereocenters. The van der Waals surface area contributed by atoms with E-state index < -0.39 is 36.5 Å². The monoisotopic (exact) mass is 556 g/mol. The smallest absolute Gasteiger partial charge is 0.407 e. The molecule has 0 unspecified atom stereocenters. The molecular weight excluding hydrogens is 537 g/mol. The number of thioether (sulfide) groups is 1. The molecule has 13 heteroatoms. The predicted molar refractivity (Wildman–Crippen MR) is 121 cm³/mol. The average Bonchev–Trinajstić information content (AvgIpc) is 2.84. The Morgan fingerprint density at radius 3 is 2.72 bits per heavy atom. The van der Waals surface area contributed by atoms with Crippen LogP contribution in [0.3, 0.4) is 0 Å². The molecule has 1 aliphatic rings. The molecule has 0 radical (unpaired) electrons. The highest BCUT2D eigenvalue weighted by Crippen LogP contribution is 2.46. The number of nitrogens with zero attached hydrogens (tertiary/aromatic N) is 3. The zero-order chi connectivity index (χ0) is 23.8. The zero-order valence-electron chi connectivity index (χ0n) is 17.6. The number of anilines is 1. The first-order valence-electron chi connectivity index (χ1n) is 9.49. The molecule has 0 spiro atoms. The summed E-state index contributed by atoms with van der Waals surface area (Å²) < 4.78 is 53.1. The van der Waals surface area contributed by atoms with Crippen LogP contribution < -0.4 is 15.0 Å². The van der Waals surface area contributed by atoms with E-state index in [0.29, 0.717) is 0 Å². The van der Waals surface area contributed by atoms with Gasteiger partial charge >= 0.3 is 6.09 Å². The predicted octanol–water partition coefficient (Wildman–Crippen LogP) is 5.26. The van der Waals surface area contributed by atoms with E-state index in [-0.39, 0.29) is 50.3 Å². The van der Waals surface area contributed by atoms with Crippen molar-refractivity contribution in [3.63, 3.8) is 0 Å². The van der Waals surface area contributed by atoms with Crippen LogP contribution in [0.1, 0.15) is 20.8 Å². The molecule has 3 rings (SSSR count). The number of alkyl carbamates (subject to hydrolysis) is 1. The molecule has 1 aromatic carbocycles. The van der Waals surface area contributed by atoms with Crippen molar-refractivity contribution in [3.8, 4) is 5.75 Å². The van der Waals surface area contributed by atoms with E-state index in [1.165, 1.54) is 4.90 Å². The highest BCUT2D eigenvalue weighted by Gasteiger charge is 2.34. The Morgan fingerprint density at radius 2 is 2.12 bits per heavy atom. The van der Waals surface area contributed by atoms with Crippen molar-refractivity contribution in [1.29, 1.82) is 0 Å². The van der Waals surface area contributed by atoms with Gasteiger partial charge in [-0.3, -0.25) is 0 Å². The summed E-state index contributed by atoms with van der Waals surface area (Å²) in [6.45, 7) is 4.18. The van der Waals surface area contributed by atoms with Crippen LogP contribution in [0.5, 0.6) is 5.75 Å². The Bertz CT molecular complexity index is 1040. The first-order valence-corrected chi connectivity index (χ1v) is 11.9. The lowest BCUT2D eigenvalue weighted by Gasteiger charge is -2.31. The van der Waals surface area contributed by atoms with Gasteiger partial charge in [0.15, 0.2) is 16.7 Å². The molecule has 0 saturated carbocycles. The van der Waals surface area contributed by atoms with Gasteiger partial charge in [0, 0.05) is 6.54 Å². The van der Waals surface area contributed by atoms with Gasteiger partial charge in [0.05, 0.1) is 22.4 Å². The van der Waals surface area contributed by atoms with Gasteiger partial charge < -0.3 is 19.7 Å². The topological polar surface area (TPSA) is 76.6 Å². The maximum absolute atomic E-state index is 15.0. The van der Waals surface area contributed by atoms with Gasteiger partial charge in [0.1, 0.15) is 28.6 Å². The molecule has 2 aromatic rings. The minimum atomic E-state index is -2.74. The number of amides is 1. The highest BCUT2D eigenvalue weighted by molar-refractivity contribution is 9.10. The van der Waals surface area contributed by atoms with Crippen molar-refractivity contribution in [2.24, 2.45) is 0 Å². The van der Waals surface area contributed by atoms with Crippen molar-refractivity contribution >= 4 is 62.1 Å². The summed E-state index contributed by atoms with van der Waals surface area (Å²) in [5.41, 5.74) is -0.836. The number of ether oxygens (including phenoxy) is 2. The molecule has 1 aliphatic heterocycles. The number of aromatic nitrogens is 2. The number of hydrogen-bond donors (Lipinski definition) is 1. The number of carbonyl (C=O) groups is 1. The lowest BCUT2D eigenvalue weighted by Crippen LogP contribution is -2.49. The first kappa shape index (κ1) is 25.0. The summed E-state index contributed by atoms with van der Waals surface area (Å²) in [6, 6.07) is -0.769. The van der Waals surface area contributed by atoms with Crippen LogP contribution in [0.15, 0.2) is 9.63 Å². The van der Waals surface area contributed by atoms with Crippen molar-refractivity contribution in [2.45, 2.75) is 44.0 Å². The first-order chi connectivity index (χ1) is 14.9. The summed E-state index contributed by atoms with van der Waals surface area (Å²) in [7, 11) is 0. The fraction of sp³-hybridized carbons (Fsp3) is 0.526. The van der Waals surface area contributed by atoms with E-state index in [0.717, 1.165) is 11.8 Å². The molecule has 0 bridgehead atoms. The van der Waals surface area contributed by atoms with Crippen LogP contribution in [0.4, 0.5) is 23.8 Å². The van der Waals surface area contributed by atoms with Crippen molar-refractivity contribution in [3.05, 3.63) is 15.3 Å². The zero-order valence-corrected chi connectivity index (χ0v) is 20.8. The van der Waals surface area contributed by atoms with E-state index in [1.807, 2.05) is 0 Å². The van der Waals surface area contributed by atoms with E-state index in [9.17, 15) is 13.6 Å². The van der Waals surface area contributed by atoms with Gasteiger partial charge in [0.25, 0.3) is 6.43 Å². The Labute approximate surface area is 200 Å². The molecule has 0 saturated heterocycles. The molecule has 0 fully saturated rings. The number of carbonyl (C=O) groups excluding carboxylic acids is 1. The van der Waals surface area contributed by atoms with Gasteiger partial charge in [-0.2, -0.15) is 0 Å². The molecule has 1 aromatic heterocycles. The van der Waals surface area contributed by atoms with Crippen LogP contribution >= 0.6 is 39.3 Å². The van der Waals surface area contributed by atoms with Crippen LogP contribution in [-0.2, 0) is 4.74 Å². The average molecular weight is 558 g/mol.